The van der Waals surface area contributed by atoms with Gasteiger partial charge in [-0.15, -0.1) is 0 Å². The molecule has 0 radical (unpaired) electrons. The third kappa shape index (κ3) is 1.95. The first-order valence-electron chi connectivity index (χ1n) is 7.10. The Balaban J connectivity index is 2.11. The van der Waals surface area contributed by atoms with Crippen LogP contribution in [0.5, 0.6) is 11.5 Å². The van der Waals surface area contributed by atoms with E-state index < -0.39 is 6.10 Å². The summed E-state index contributed by atoms with van der Waals surface area (Å²) < 4.78 is 11.5. The highest BCUT2D eigenvalue weighted by atomic mass is 16.5. The molecule has 1 heterocycles. The minimum atomic E-state index is -0.413. The highest BCUT2D eigenvalue weighted by molar-refractivity contribution is 5.68. The average molecular weight is 275 g/mol. The van der Waals surface area contributed by atoms with Crippen molar-refractivity contribution in [2.24, 2.45) is 0 Å². The van der Waals surface area contributed by atoms with Crippen molar-refractivity contribution >= 4 is 5.69 Å². The summed E-state index contributed by atoms with van der Waals surface area (Å²) in [6, 6.07) is 4.05. The summed E-state index contributed by atoms with van der Waals surface area (Å²) in [6.07, 6.45) is 4.16. The molecule has 1 aliphatic heterocycles. The van der Waals surface area contributed by atoms with Gasteiger partial charge in [0.15, 0.2) is 11.5 Å². The Bertz CT molecular complexity index is 541. The number of methoxy groups -OCH3 is 1. The van der Waals surface area contributed by atoms with Gasteiger partial charge in [0.05, 0.1) is 13.2 Å². The Morgan fingerprint density at radius 2 is 2.20 bits per heavy atom. The Morgan fingerprint density at radius 3 is 2.90 bits per heavy atom. The predicted octanol–water partition coefficient (Wildman–Crippen LogP) is 2.32. The zero-order chi connectivity index (χ0) is 14.3. The molecule has 0 aromatic heterocycles. The molecule has 0 spiro atoms. The van der Waals surface area contributed by atoms with Crippen molar-refractivity contribution < 1.29 is 14.6 Å². The number of nitrogens with zero attached hydrogens (tertiary/aromatic N) is 1. The number of anilines is 1. The second-order valence-electron chi connectivity index (χ2n) is 5.41. The van der Waals surface area contributed by atoms with Crippen molar-refractivity contribution in [3.8, 4) is 11.5 Å². The van der Waals surface area contributed by atoms with E-state index in [4.69, 9.17) is 9.47 Å². The molecule has 1 N–H and O–H groups in total. The molecule has 4 heteroatoms. The molecular formula is C16H21NO3. The van der Waals surface area contributed by atoms with E-state index in [2.05, 4.69) is 31.0 Å². The maximum Gasteiger partial charge on any atom is 0.167 e. The lowest BCUT2D eigenvalue weighted by Crippen LogP contribution is -2.27. The van der Waals surface area contributed by atoms with Gasteiger partial charge in [-0.25, -0.2) is 0 Å². The zero-order valence-corrected chi connectivity index (χ0v) is 12.2. The van der Waals surface area contributed by atoms with E-state index in [9.17, 15) is 5.11 Å². The molecule has 20 heavy (non-hydrogen) atoms. The van der Waals surface area contributed by atoms with Gasteiger partial charge in [-0.3, -0.25) is 0 Å². The van der Waals surface area contributed by atoms with Crippen LogP contribution in [0.2, 0.25) is 0 Å². The summed E-state index contributed by atoms with van der Waals surface area (Å²) in [7, 11) is 3.74. The normalized spacial score (nSPS) is 26.7. The van der Waals surface area contributed by atoms with Crippen LogP contribution in [0.3, 0.4) is 0 Å². The number of rotatable bonds is 3. The van der Waals surface area contributed by atoms with Crippen LogP contribution in [0.15, 0.2) is 24.3 Å². The van der Waals surface area contributed by atoms with E-state index in [0.29, 0.717) is 6.42 Å². The van der Waals surface area contributed by atoms with Crippen LogP contribution in [0.1, 0.15) is 24.8 Å². The first-order valence-corrected chi connectivity index (χ1v) is 7.10. The predicted molar refractivity (Wildman–Crippen MR) is 78.9 cm³/mol. The van der Waals surface area contributed by atoms with E-state index in [1.165, 1.54) is 11.3 Å². The average Bonchev–Trinajstić information content (AvgIpc) is 2.83. The second kappa shape index (κ2) is 5.02. The van der Waals surface area contributed by atoms with E-state index >= 15 is 0 Å². The minimum Gasteiger partial charge on any atom is -0.493 e. The maximum atomic E-state index is 9.78. The smallest absolute Gasteiger partial charge is 0.167 e. The molecule has 0 saturated carbocycles. The third-order valence-electron chi connectivity index (χ3n) is 4.26. The van der Waals surface area contributed by atoms with E-state index in [-0.39, 0.29) is 12.0 Å². The fourth-order valence-corrected chi connectivity index (χ4v) is 3.07. The SMILES string of the molecule is CCN(C)c1ccc(OC)c2c1[C@@H]1C=C[C@H](O)C[C@@H]1O2. The van der Waals surface area contributed by atoms with Crippen molar-refractivity contribution in [2.75, 3.05) is 25.6 Å². The lowest BCUT2D eigenvalue weighted by atomic mass is 9.86. The molecule has 2 aliphatic rings. The standard InChI is InChI=1S/C16H21NO3/c1-4-17(2)12-7-8-13(19-3)16-15(12)11-6-5-10(18)9-14(11)20-16/h5-8,10-11,14,18H,4,9H2,1-3H3/t10-,11+,14-/m0/s1. The largest absolute Gasteiger partial charge is 0.493 e. The van der Waals surface area contributed by atoms with Gasteiger partial charge in [-0.05, 0) is 19.1 Å². The summed E-state index contributed by atoms with van der Waals surface area (Å²) >= 11 is 0. The summed E-state index contributed by atoms with van der Waals surface area (Å²) in [5, 5.41) is 9.78. The molecule has 0 saturated heterocycles. The lowest BCUT2D eigenvalue weighted by molar-refractivity contribution is 0.117. The van der Waals surface area contributed by atoms with Crippen molar-refractivity contribution in [1.29, 1.82) is 0 Å². The first kappa shape index (κ1) is 13.3. The van der Waals surface area contributed by atoms with Crippen LogP contribution in [0, 0.1) is 0 Å². The second-order valence-corrected chi connectivity index (χ2v) is 5.41. The molecule has 0 fully saturated rings. The fraction of sp³-hybridized carbons (Fsp3) is 0.500. The number of hydrogen-bond acceptors (Lipinski definition) is 4. The van der Waals surface area contributed by atoms with Gasteiger partial charge in [-0.1, -0.05) is 12.2 Å². The zero-order valence-electron chi connectivity index (χ0n) is 12.2. The quantitative estimate of drug-likeness (QED) is 0.860. The number of benzene rings is 1. The number of aliphatic hydroxyl groups is 1. The van der Waals surface area contributed by atoms with Gasteiger partial charge in [-0.2, -0.15) is 0 Å². The van der Waals surface area contributed by atoms with E-state index in [1.807, 2.05) is 12.1 Å². The van der Waals surface area contributed by atoms with Gasteiger partial charge in [0, 0.05) is 37.2 Å². The monoisotopic (exact) mass is 275 g/mol. The molecule has 1 aromatic carbocycles. The molecule has 1 aromatic rings. The molecule has 4 nitrogen and oxygen atoms in total. The Kier molecular flexibility index (Phi) is 3.34. The minimum absolute atomic E-state index is 0.00491. The van der Waals surface area contributed by atoms with Crippen molar-refractivity contribution in [3.63, 3.8) is 0 Å². The number of aliphatic hydroxyl groups excluding tert-OH is 1. The number of hydrogen-bond donors (Lipinski definition) is 1. The molecule has 0 bridgehead atoms. The summed E-state index contributed by atoms with van der Waals surface area (Å²) in [5.41, 5.74) is 2.36. The topological polar surface area (TPSA) is 41.9 Å². The van der Waals surface area contributed by atoms with Gasteiger partial charge in [0.2, 0.25) is 0 Å². The van der Waals surface area contributed by atoms with Gasteiger partial charge >= 0.3 is 0 Å². The van der Waals surface area contributed by atoms with E-state index in [1.54, 1.807) is 7.11 Å². The van der Waals surface area contributed by atoms with Crippen LogP contribution in [-0.2, 0) is 0 Å². The first-order chi connectivity index (χ1) is 9.65. The Labute approximate surface area is 119 Å². The van der Waals surface area contributed by atoms with Gasteiger partial charge < -0.3 is 19.5 Å². The Hall–Kier alpha value is -1.68. The highest BCUT2D eigenvalue weighted by Gasteiger charge is 2.40. The number of ether oxygens (including phenoxy) is 2. The van der Waals surface area contributed by atoms with Crippen LogP contribution in [0.25, 0.3) is 0 Å². The molecule has 0 amide bonds. The fourth-order valence-electron chi connectivity index (χ4n) is 3.07. The third-order valence-corrected chi connectivity index (χ3v) is 4.26. The van der Waals surface area contributed by atoms with Gasteiger partial charge in [0.1, 0.15) is 6.10 Å². The highest BCUT2D eigenvalue weighted by Crippen LogP contribution is 2.51. The number of fused-ring (bicyclic) bond motifs is 3. The maximum absolute atomic E-state index is 9.78. The Morgan fingerprint density at radius 1 is 1.40 bits per heavy atom. The molecule has 3 rings (SSSR count). The van der Waals surface area contributed by atoms with Crippen molar-refractivity contribution in [3.05, 3.63) is 29.8 Å². The lowest BCUT2D eigenvalue weighted by Gasteiger charge is -2.25. The summed E-state index contributed by atoms with van der Waals surface area (Å²) in [6.45, 7) is 3.06. The molecule has 0 unspecified atom stereocenters. The van der Waals surface area contributed by atoms with Crippen LogP contribution < -0.4 is 14.4 Å². The van der Waals surface area contributed by atoms with Gasteiger partial charge in [0.25, 0.3) is 0 Å². The van der Waals surface area contributed by atoms with Crippen LogP contribution in [-0.4, -0.2) is 38.0 Å². The van der Waals surface area contributed by atoms with E-state index in [0.717, 1.165) is 18.0 Å². The van der Waals surface area contributed by atoms with Crippen molar-refractivity contribution in [2.45, 2.75) is 31.5 Å². The van der Waals surface area contributed by atoms with Crippen LogP contribution in [0.4, 0.5) is 5.69 Å². The molecular weight excluding hydrogens is 254 g/mol. The molecule has 1 aliphatic carbocycles. The summed E-state index contributed by atoms with van der Waals surface area (Å²) in [4.78, 5) is 2.21. The molecule has 108 valence electrons. The molecule has 3 atom stereocenters. The van der Waals surface area contributed by atoms with Crippen LogP contribution >= 0.6 is 0 Å². The summed E-state index contributed by atoms with van der Waals surface area (Å²) in [5.74, 6) is 1.80. The van der Waals surface area contributed by atoms with Crippen molar-refractivity contribution in [1.82, 2.24) is 0 Å².